The van der Waals surface area contributed by atoms with Gasteiger partial charge in [-0.3, -0.25) is 9.59 Å². The Hall–Kier alpha value is -2.60. The first-order valence-electron chi connectivity index (χ1n) is 10.9. The van der Waals surface area contributed by atoms with Crippen LogP contribution in [0.1, 0.15) is 61.7 Å². The minimum atomic E-state index is -0.741. The standard InChI is InChI=1S/C24H31NO5/c26-23(27)10-2-1-5-15-29-22-8-4-3-7-20(22)17-25-24(28)19-13-11-18(12-14-19)21-9-6-16-30-21/h6,9,11-14,16,20,22H,1-5,7-8,10,15,17H2,(H,25,28)(H,26,27). The van der Waals surface area contributed by atoms with Crippen LogP contribution in [0.5, 0.6) is 0 Å². The van der Waals surface area contributed by atoms with E-state index in [2.05, 4.69) is 5.32 Å². The Morgan fingerprint density at radius 2 is 1.87 bits per heavy atom. The van der Waals surface area contributed by atoms with Crippen LogP contribution in [0.25, 0.3) is 11.3 Å². The summed E-state index contributed by atoms with van der Waals surface area (Å²) in [4.78, 5) is 23.1. The van der Waals surface area contributed by atoms with Crippen LogP contribution < -0.4 is 5.32 Å². The quantitative estimate of drug-likeness (QED) is 0.512. The highest BCUT2D eigenvalue weighted by molar-refractivity contribution is 5.94. The van der Waals surface area contributed by atoms with Crippen molar-refractivity contribution < 1.29 is 23.8 Å². The molecule has 3 rings (SSSR count). The monoisotopic (exact) mass is 413 g/mol. The molecule has 1 aliphatic carbocycles. The molecule has 1 amide bonds. The number of nitrogens with one attached hydrogen (secondary N) is 1. The van der Waals surface area contributed by atoms with E-state index in [0.717, 1.165) is 49.8 Å². The van der Waals surface area contributed by atoms with Crippen molar-refractivity contribution >= 4 is 11.9 Å². The Labute approximate surface area is 177 Å². The molecule has 0 saturated heterocycles. The number of carboxylic acid groups (broad SMARTS) is 1. The SMILES string of the molecule is O=C(O)CCCCCOC1CCCCC1CNC(=O)c1ccc(-c2ccco2)cc1. The first-order valence-corrected chi connectivity index (χ1v) is 10.9. The largest absolute Gasteiger partial charge is 0.481 e. The lowest BCUT2D eigenvalue weighted by Gasteiger charge is -2.31. The average molecular weight is 414 g/mol. The lowest BCUT2D eigenvalue weighted by atomic mass is 9.86. The number of carboxylic acids is 1. The smallest absolute Gasteiger partial charge is 0.303 e. The second-order valence-corrected chi connectivity index (χ2v) is 7.92. The van der Waals surface area contributed by atoms with Gasteiger partial charge in [0.15, 0.2) is 0 Å². The van der Waals surface area contributed by atoms with Crippen LogP contribution in [0.3, 0.4) is 0 Å². The summed E-state index contributed by atoms with van der Waals surface area (Å²) < 4.78 is 11.5. The number of furan rings is 1. The van der Waals surface area contributed by atoms with E-state index in [1.54, 1.807) is 6.26 Å². The molecule has 1 aromatic heterocycles. The molecule has 2 aromatic rings. The van der Waals surface area contributed by atoms with E-state index >= 15 is 0 Å². The van der Waals surface area contributed by atoms with E-state index in [0.29, 0.717) is 31.1 Å². The number of hydrogen-bond donors (Lipinski definition) is 2. The predicted molar refractivity (Wildman–Crippen MR) is 114 cm³/mol. The van der Waals surface area contributed by atoms with Gasteiger partial charge >= 0.3 is 5.97 Å². The fourth-order valence-corrected chi connectivity index (χ4v) is 3.97. The molecule has 2 N–H and O–H groups in total. The van der Waals surface area contributed by atoms with Gasteiger partial charge in [0.2, 0.25) is 0 Å². The van der Waals surface area contributed by atoms with Crippen LogP contribution in [0.15, 0.2) is 47.1 Å². The molecule has 0 spiro atoms. The molecule has 6 nitrogen and oxygen atoms in total. The molecule has 162 valence electrons. The summed E-state index contributed by atoms with van der Waals surface area (Å²) in [5.74, 6) is 0.296. The van der Waals surface area contributed by atoms with E-state index in [9.17, 15) is 9.59 Å². The molecule has 1 saturated carbocycles. The summed E-state index contributed by atoms with van der Waals surface area (Å²) in [7, 11) is 0. The van der Waals surface area contributed by atoms with E-state index < -0.39 is 5.97 Å². The molecule has 6 heteroatoms. The maximum Gasteiger partial charge on any atom is 0.303 e. The van der Waals surface area contributed by atoms with Crippen LogP contribution >= 0.6 is 0 Å². The lowest BCUT2D eigenvalue weighted by molar-refractivity contribution is -0.137. The van der Waals surface area contributed by atoms with Crippen LogP contribution in [0, 0.1) is 5.92 Å². The fraction of sp³-hybridized carbons (Fsp3) is 0.500. The van der Waals surface area contributed by atoms with Crippen LogP contribution in [-0.2, 0) is 9.53 Å². The summed E-state index contributed by atoms with van der Waals surface area (Å²) in [5.41, 5.74) is 1.58. The van der Waals surface area contributed by atoms with Gasteiger partial charge in [0.1, 0.15) is 5.76 Å². The molecule has 0 radical (unpaired) electrons. The molecule has 1 heterocycles. The van der Waals surface area contributed by atoms with Crippen LogP contribution in [0.4, 0.5) is 0 Å². The Morgan fingerprint density at radius 1 is 1.07 bits per heavy atom. The normalized spacial score (nSPS) is 18.8. The van der Waals surface area contributed by atoms with Crippen molar-refractivity contribution in [1.29, 1.82) is 0 Å². The topological polar surface area (TPSA) is 88.8 Å². The zero-order valence-corrected chi connectivity index (χ0v) is 17.3. The zero-order chi connectivity index (χ0) is 21.2. The highest BCUT2D eigenvalue weighted by Gasteiger charge is 2.26. The molecular weight excluding hydrogens is 382 g/mol. The molecular formula is C24H31NO5. The third-order valence-corrected chi connectivity index (χ3v) is 5.68. The van der Waals surface area contributed by atoms with Gasteiger partial charge in [0.25, 0.3) is 5.91 Å². The molecule has 2 atom stereocenters. The van der Waals surface area contributed by atoms with Gasteiger partial charge in [-0.05, 0) is 49.9 Å². The maximum absolute atomic E-state index is 12.6. The Kier molecular flexibility index (Phi) is 8.51. The number of benzene rings is 1. The summed E-state index contributed by atoms with van der Waals surface area (Å²) >= 11 is 0. The van der Waals surface area contributed by atoms with Crippen molar-refractivity contribution in [2.75, 3.05) is 13.2 Å². The Balaban J connectivity index is 1.42. The highest BCUT2D eigenvalue weighted by atomic mass is 16.5. The maximum atomic E-state index is 12.6. The third kappa shape index (κ3) is 6.73. The molecule has 0 aliphatic heterocycles. The van der Waals surface area contributed by atoms with Gasteiger partial charge in [-0.2, -0.15) is 0 Å². The second-order valence-electron chi connectivity index (χ2n) is 7.92. The number of unbranched alkanes of at least 4 members (excludes halogenated alkanes) is 2. The van der Waals surface area contributed by atoms with Crippen LogP contribution in [0.2, 0.25) is 0 Å². The van der Waals surface area contributed by atoms with Crippen molar-refractivity contribution in [2.24, 2.45) is 5.92 Å². The van der Waals surface area contributed by atoms with Crippen LogP contribution in [-0.4, -0.2) is 36.2 Å². The minimum absolute atomic E-state index is 0.0704. The first kappa shape index (κ1) is 22.1. The molecule has 1 aromatic carbocycles. The molecule has 2 unspecified atom stereocenters. The Morgan fingerprint density at radius 3 is 2.60 bits per heavy atom. The fourth-order valence-electron chi connectivity index (χ4n) is 3.97. The van der Waals surface area contributed by atoms with E-state index in [-0.39, 0.29) is 18.4 Å². The molecule has 0 bridgehead atoms. The number of rotatable bonds is 11. The number of carbonyl (C=O) groups excluding carboxylic acids is 1. The number of hydrogen-bond acceptors (Lipinski definition) is 4. The molecule has 1 aliphatic rings. The van der Waals surface area contributed by atoms with Crippen molar-refractivity contribution in [1.82, 2.24) is 5.32 Å². The summed E-state index contributed by atoms with van der Waals surface area (Å²) in [6.07, 6.45) is 8.87. The number of aliphatic carboxylic acids is 1. The predicted octanol–water partition coefficient (Wildman–Crippen LogP) is 4.90. The third-order valence-electron chi connectivity index (χ3n) is 5.68. The van der Waals surface area contributed by atoms with Gasteiger partial charge in [-0.15, -0.1) is 0 Å². The summed E-state index contributed by atoms with van der Waals surface area (Å²) in [5, 5.41) is 11.8. The van der Waals surface area contributed by atoms with Gasteiger partial charge < -0.3 is 19.6 Å². The first-order chi connectivity index (χ1) is 14.6. The Bertz CT molecular complexity index is 784. The van der Waals surface area contributed by atoms with E-state index in [1.165, 1.54) is 0 Å². The highest BCUT2D eigenvalue weighted by Crippen LogP contribution is 2.27. The summed E-state index contributed by atoms with van der Waals surface area (Å²) in [6.45, 7) is 1.27. The number of amides is 1. The van der Waals surface area contributed by atoms with E-state index in [1.807, 2.05) is 36.4 Å². The zero-order valence-electron chi connectivity index (χ0n) is 17.3. The summed E-state index contributed by atoms with van der Waals surface area (Å²) in [6, 6.07) is 11.2. The van der Waals surface area contributed by atoms with Crippen molar-refractivity contribution in [3.05, 3.63) is 48.2 Å². The van der Waals surface area contributed by atoms with Crippen molar-refractivity contribution in [2.45, 2.75) is 57.5 Å². The lowest BCUT2D eigenvalue weighted by Crippen LogP contribution is -2.38. The van der Waals surface area contributed by atoms with Gasteiger partial charge in [-0.25, -0.2) is 0 Å². The number of ether oxygens (including phenoxy) is 1. The van der Waals surface area contributed by atoms with Crippen molar-refractivity contribution in [3.8, 4) is 11.3 Å². The second kappa shape index (κ2) is 11.6. The van der Waals surface area contributed by atoms with E-state index in [4.69, 9.17) is 14.3 Å². The average Bonchev–Trinajstić information content (AvgIpc) is 3.30. The molecule has 30 heavy (non-hydrogen) atoms. The van der Waals surface area contributed by atoms with Crippen molar-refractivity contribution in [3.63, 3.8) is 0 Å². The number of carbonyl (C=O) groups is 2. The van der Waals surface area contributed by atoms with Gasteiger partial charge in [-0.1, -0.05) is 31.4 Å². The van der Waals surface area contributed by atoms with Gasteiger partial charge in [0.05, 0.1) is 12.4 Å². The minimum Gasteiger partial charge on any atom is -0.481 e. The molecule has 1 fully saturated rings. The van der Waals surface area contributed by atoms with Gasteiger partial charge in [0, 0.05) is 36.6 Å².